The standard InChI is InChI=1S/C21H19N3O3S/c1-3-22-21-17(12-23-24(21)16-7-5-4-6-8-16)14(2)28-13-20(27)15-9-10-18(25)19(26)11-15/h3-12,25-26H,2,13H2,1H3/b22-3-. The Morgan fingerprint density at radius 1 is 1.21 bits per heavy atom. The number of rotatable bonds is 7. The van der Waals surface area contributed by atoms with Crippen LogP contribution in [0.4, 0.5) is 5.82 Å². The number of para-hydroxylation sites is 1. The fourth-order valence-corrected chi connectivity index (χ4v) is 3.33. The predicted molar refractivity (Wildman–Crippen MR) is 113 cm³/mol. The third-order valence-corrected chi connectivity index (χ3v) is 4.95. The molecule has 0 radical (unpaired) electrons. The lowest BCUT2D eigenvalue weighted by molar-refractivity contribution is 0.102. The molecule has 0 amide bonds. The largest absolute Gasteiger partial charge is 0.504 e. The van der Waals surface area contributed by atoms with Crippen LogP contribution in [0.25, 0.3) is 10.6 Å². The first-order chi connectivity index (χ1) is 13.5. The van der Waals surface area contributed by atoms with Crippen LogP contribution in [-0.2, 0) is 0 Å². The highest BCUT2D eigenvalue weighted by Crippen LogP contribution is 2.35. The molecule has 1 aromatic heterocycles. The van der Waals surface area contributed by atoms with E-state index in [9.17, 15) is 15.0 Å². The van der Waals surface area contributed by atoms with Crippen molar-refractivity contribution in [3.63, 3.8) is 0 Å². The van der Waals surface area contributed by atoms with Gasteiger partial charge in [0, 0.05) is 16.7 Å². The minimum Gasteiger partial charge on any atom is -0.504 e. The summed E-state index contributed by atoms with van der Waals surface area (Å²) in [7, 11) is 0. The Labute approximate surface area is 166 Å². The molecule has 6 nitrogen and oxygen atoms in total. The van der Waals surface area contributed by atoms with Crippen LogP contribution in [0.3, 0.4) is 0 Å². The average molecular weight is 393 g/mol. The number of benzene rings is 2. The van der Waals surface area contributed by atoms with Gasteiger partial charge in [-0.15, -0.1) is 11.8 Å². The van der Waals surface area contributed by atoms with Gasteiger partial charge in [-0.1, -0.05) is 24.8 Å². The summed E-state index contributed by atoms with van der Waals surface area (Å²) < 4.78 is 1.72. The lowest BCUT2D eigenvalue weighted by Crippen LogP contribution is -2.02. The number of phenolic OH excluding ortho intramolecular Hbond substituents is 2. The van der Waals surface area contributed by atoms with Crippen molar-refractivity contribution in [2.24, 2.45) is 4.99 Å². The number of nitrogens with zero attached hydrogens (tertiary/aromatic N) is 3. The van der Waals surface area contributed by atoms with Crippen molar-refractivity contribution in [3.05, 3.63) is 72.4 Å². The third kappa shape index (κ3) is 4.15. The van der Waals surface area contributed by atoms with Gasteiger partial charge < -0.3 is 10.2 Å². The van der Waals surface area contributed by atoms with Gasteiger partial charge in [-0.25, -0.2) is 9.67 Å². The summed E-state index contributed by atoms with van der Waals surface area (Å²) in [5.41, 5.74) is 1.94. The Hall–Kier alpha value is -3.32. The van der Waals surface area contributed by atoms with E-state index in [1.807, 2.05) is 37.3 Å². The first kappa shape index (κ1) is 19.4. The van der Waals surface area contributed by atoms with E-state index in [2.05, 4.69) is 16.7 Å². The van der Waals surface area contributed by atoms with Gasteiger partial charge in [0.2, 0.25) is 0 Å². The monoisotopic (exact) mass is 393 g/mol. The Morgan fingerprint density at radius 3 is 2.64 bits per heavy atom. The van der Waals surface area contributed by atoms with Crippen LogP contribution < -0.4 is 0 Å². The molecule has 2 aromatic carbocycles. The molecule has 0 atom stereocenters. The molecule has 0 unspecified atom stereocenters. The lowest BCUT2D eigenvalue weighted by atomic mass is 10.1. The zero-order valence-electron chi connectivity index (χ0n) is 15.2. The summed E-state index contributed by atoms with van der Waals surface area (Å²) >= 11 is 1.28. The summed E-state index contributed by atoms with van der Waals surface area (Å²) in [6, 6.07) is 13.7. The number of phenols is 2. The maximum Gasteiger partial charge on any atom is 0.173 e. The normalized spacial score (nSPS) is 11.0. The minimum absolute atomic E-state index is 0.134. The zero-order valence-corrected chi connectivity index (χ0v) is 16.1. The highest BCUT2D eigenvalue weighted by molar-refractivity contribution is 8.08. The van der Waals surface area contributed by atoms with E-state index in [0.717, 1.165) is 11.3 Å². The second kappa shape index (κ2) is 8.58. The highest BCUT2D eigenvalue weighted by atomic mass is 32.2. The van der Waals surface area contributed by atoms with E-state index in [0.29, 0.717) is 16.3 Å². The number of ketones is 1. The summed E-state index contributed by atoms with van der Waals surface area (Å²) in [6.45, 7) is 5.89. The molecule has 0 bridgehead atoms. The maximum atomic E-state index is 12.4. The molecule has 0 saturated carbocycles. The molecule has 142 valence electrons. The van der Waals surface area contributed by atoms with E-state index in [-0.39, 0.29) is 23.0 Å². The van der Waals surface area contributed by atoms with E-state index in [4.69, 9.17) is 0 Å². The first-order valence-electron chi connectivity index (χ1n) is 8.50. The Balaban J connectivity index is 1.78. The van der Waals surface area contributed by atoms with Crippen molar-refractivity contribution in [3.8, 4) is 17.2 Å². The summed E-state index contributed by atoms with van der Waals surface area (Å²) in [5.74, 6) is 0.00948. The molecule has 0 aliphatic rings. The summed E-state index contributed by atoms with van der Waals surface area (Å²) in [5, 5.41) is 23.3. The van der Waals surface area contributed by atoms with Crippen molar-refractivity contribution in [1.29, 1.82) is 0 Å². The van der Waals surface area contributed by atoms with Crippen molar-refractivity contribution in [1.82, 2.24) is 9.78 Å². The van der Waals surface area contributed by atoms with Gasteiger partial charge >= 0.3 is 0 Å². The van der Waals surface area contributed by atoms with Crippen LogP contribution in [0.1, 0.15) is 22.8 Å². The van der Waals surface area contributed by atoms with E-state index >= 15 is 0 Å². The van der Waals surface area contributed by atoms with E-state index < -0.39 is 0 Å². The second-order valence-corrected chi connectivity index (χ2v) is 6.93. The second-order valence-electron chi connectivity index (χ2n) is 5.86. The number of hydrogen-bond donors (Lipinski definition) is 2. The number of aromatic hydroxyl groups is 2. The summed E-state index contributed by atoms with van der Waals surface area (Å²) in [4.78, 5) is 17.5. The Bertz CT molecular complexity index is 1040. The number of thioether (sulfide) groups is 1. The number of aliphatic imine (C=N–C) groups is 1. The molecule has 3 rings (SSSR count). The van der Waals surface area contributed by atoms with Gasteiger partial charge in [-0.05, 0) is 37.3 Å². The van der Waals surface area contributed by atoms with Gasteiger partial charge in [0.05, 0.1) is 23.2 Å². The van der Waals surface area contributed by atoms with Gasteiger partial charge in [-0.2, -0.15) is 5.10 Å². The van der Waals surface area contributed by atoms with Crippen LogP contribution >= 0.6 is 11.8 Å². The number of carbonyl (C=O) groups excluding carboxylic acids is 1. The van der Waals surface area contributed by atoms with Crippen LogP contribution in [0.15, 0.2) is 66.3 Å². The molecule has 0 spiro atoms. The highest BCUT2D eigenvalue weighted by Gasteiger charge is 2.16. The average Bonchev–Trinajstić information content (AvgIpc) is 3.12. The predicted octanol–water partition coefficient (Wildman–Crippen LogP) is 4.59. The number of hydrogen-bond acceptors (Lipinski definition) is 6. The minimum atomic E-state index is -0.321. The molecule has 0 saturated heterocycles. The molecule has 7 heteroatoms. The van der Waals surface area contributed by atoms with Crippen LogP contribution in [0.5, 0.6) is 11.5 Å². The third-order valence-electron chi connectivity index (χ3n) is 3.97. The maximum absolute atomic E-state index is 12.4. The summed E-state index contributed by atoms with van der Waals surface area (Å²) in [6.07, 6.45) is 3.36. The molecular weight excluding hydrogens is 374 g/mol. The molecule has 0 aliphatic carbocycles. The van der Waals surface area contributed by atoms with Crippen LogP contribution in [-0.4, -0.2) is 37.7 Å². The Kier molecular flexibility index (Phi) is 5.96. The molecule has 1 heterocycles. The van der Waals surface area contributed by atoms with Crippen LogP contribution in [0.2, 0.25) is 0 Å². The Morgan fingerprint density at radius 2 is 1.96 bits per heavy atom. The number of Topliss-reactive ketones (excluding diaryl/α,β-unsaturated/α-hetero) is 1. The molecule has 2 N–H and O–H groups in total. The molecule has 3 aromatic rings. The zero-order chi connectivity index (χ0) is 20.1. The fourth-order valence-electron chi connectivity index (χ4n) is 2.55. The topological polar surface area (TPSA) is 87.7 Å². The van der Waals surface area contributed by atoms with Crippen molar-refractivity contribution in [2.75, 3.05) is 5.75 Å². The lowest BCUT2D eigenvalue weighted by Gasteiger charge is -2.07. The molecule has 28 heavy (non-hydrogen) atoms. The number of carbonyl (C=O) groups is 1. The van der Waals surface area contributed by atoms with Crippen LogP contribution in [0, 0.1) is 0 Å². The van der Waals surface area contributed by atoms with Crippen molar-refractivity contribution < 1.29 is 15.0 Å². The smallest absolute Gasteiger partial charge is 0.173 e. The molecule has 0 fully saturated rings. The first-order valence-corrected chi connectivity index (χ1v) is 9.49. The molecular formula is C21H19N3O3S. The van der Waals surface area contributed by atoms with Crippen molar-refractivity contribution in [2.45, 2.75) is 6.92 Å². The van der Waals surface area contributed by atoms with E-state index in [1.165, 1.54) is 30.0 Å². The fraction of sp³-hybridized carbons (Fsp3) is 0.0952. The molecule has 0 aliphatic heterocycles. The quantitative estimate of drug-likeness (QED) is 0.348. The van der Waals surface area contributed by atoms with Gasteiger partial charge in [0.25, 0.3) is 0 Å². The SMILES string of the molecule is C=C(SCC(=O)c1ccc(O)c(O)c1)c1cnn(-c2ccccc2)c1/N=C\C. The van der Waals surface area contributed by atoms with Gasteiger partial charge in [0.15, 0.2) is 23.1 Å². The van der Waals surface area contributed by atoms with E-state index in [1.54, 1.807) is 17.1 Å². The van der Waals surface area contributed by atoms with Crippen molar-refractivity contribution >= 4 is 34.5 Å². The van der Waals surface area contributed by atoms with Gasteiger partial charge in [0.1, 0.15) is 0 Å². The van der Waals surface area contributed by atoms with Gasteiger partial charge in [-0.3, -0.25) is 4.79 Å². The number of aromatic nitrogens is 2.